The summed E-state index contributed by atoms with van der Waals surface area (Å²) in [5.74, 6) is 0.973. The van der Waals surface area contributed by atoms with Crippen molar-refractivity contribution in [3.8, 4) is 0 Å². The zero-order valence-corrected chi connectivity index (χ0v) is 12.9. The van der Waals surface area contributed by atoms with Gasteiger partial charge in [-0.3, -0.25) is 0 Å². The molecule has 1 aliphatic carbocycles. The molecule has 0 bridgehead atoms. The van der Waals surface area contributed by atoms with Gasteiger partial charge in [0.2, 0.25) is 0 Å². The van der Waals surface area contributed by atoms with Gasteiger partial charge in [0.05, 0.1) is 0 Å². The lowest BCUT2D eigenvalue weighted by Gasteiger charge is -2.40. The molecule has 0 aromatic rings. The van der Waals surface area contributed by atoms with Crippen LogP contribution in [0.1, 0.15) is 71.1 Å². The second-order valence-corrected chi connectivity index (χ2v) is 7.08. The highest BCUT2D eigenvalue weighted by molar-refractivity contribution is 4.86. The molecule has 112 valence electrons. The molecule has 0 atom stereocenters. The largest absolute Gasteiger partial charge is 0.396 e. The molecule has 0 aromatic carbocycles. The van der Waals surface area contributed by atoms with E-state index in [-0.39, 0.29) is 5.41 Å². The summed E-state index contributed by atoms with van der Waals surface area (Å²) in [7, 11) is 0. The SMILES string of the molecule is CCCC1CCN(CC2(CO)CCCCCC2)CC1. The van der Waals surface area contributed by atoms with Crippen molar-refractivity contribution in [2.75, 3.05) is 26.2 Å². The summed E-state index contributed by atoms with van der Waals surface area (Å²) in [5, 5.41) is 9.91. The fourth-order valence-electron chi connectivity index (χ4n) is 4.16. The molecule has 19 heavy (non-hydrogen) atoms. The van der Waals surface area contributed by atoms with Crippen molar-refractivity contribution in [3.05, 3.63) is 0 Å². The molecule has 0 unspecified atom stereocenters. The van der Waals surface area contributed by atoms with E-state index < -0.39 is 0 Å². The second kappa shape index (κ2) is 7.64. The van der Waals surface area contributed by atoms with Crippen molar-refractivity contribution >= 4 is 0 Å². The minimum Gasteiger partial charge on any atom is -0.396 e. The quantitative estimate of drug-likeness (QED) is 0.765. The Hall–Kier alpha value is -0.0800. The molecule has 2 nitrogen and oxygen atoms in total. The zero-order chi connectivity index (χ0) is 13.6. The molecule has 0 amide bonds. The van der Waals surface area contributed by atoms with Gasteiger partial charge in [-0.2, -0.15) is 0 Å². The van der Waals surface area contributed by atoms with Crippen LogP contribution in [0.15, 0.2) is 0 Å². The number of piperidine rings is 1. The topological polar surface area (TPSA) is 23.5 Å². The Kier molecular flexibility index (Phi) is 6.15. The van der Waals surface area contributed by atoms with E-state index >= 15 is 0 Å². The molecule has 0 aromatic heterocycles. The Morgan fingerprint density at radius 3 is 2.21 bits per heavy atom. The third-order valence-electron chi connectivity index (χ3n) is 5.46. The van der Waals surface area contributed by atoms with E-state index in [0.29, 0.717) is 6.61 Å². The summed E-state index contributed by atoms with van der Waals surface area (Å²) in [6, 6.07) is 0. The minimum absolute atomic E-state index is 0.230. The number of hydrogen-bond donors (Lipinski definition) is 1. The summed E-state index contributed by atoms with van der Waals surface area (Å²) >= 11 is 0. The zero-order valence-electron chi connectivity index (χ0n) is 12.9. The fourth-order valence-corrected chi connectivity index (χ4v) is 4.16. The van der Waals surface area contributed by atoms with Crippen LogP contribution >= 0.6 is 0 Å². The molecule has 0 spiro atoms. The Bertz CT molecular complexity index is 238. The van der Waals surface area contributed by atoms with Gasteiger partial charge in [-0.05, 0) is 44.7 Å². The highest BCUT2D eigenvalue weighted by atomic mass is 16.3. The smallest absolute Gasteiger partial charge is 0.0499 e. The number of hydrogen-bond acceptors (Lipinski definition) is 2. The summed E-state index contributed by atoms with van der Waals surface area (Å²) < 4.78 is 0. The van der Waals surface area contributed by atoms with Gasteiger partial charge in [0.25, 0.3) is 0 Å². The normalized spacial score (nSPS) is 26.2. The fraction of sp³-hybridized carbons (Fsp3) is 1.00. The molecule has 2 fully saturated rings. The van der Waals surface area contributed by atoms with Gasteiger partial charge in [0.1, 0.15) is 0 Å². The summed E-state index contributed by atoms with van der Waals surface area (Å²) in [5.41, 5.74) is 0.230. The van der Waals surface area contributed by atoms with E-state index in [1.54, 1.807) is 0 Å². The number of aliphatic hydroxyl groups is 1. The predicted octanol–water partition coefficient (Wildman–Crippen LogP) is 3.83. The minimum atomic E-state index is 0.230. The lowest BCUT2D eigenvalue weighted by Crippen LogP contribution is -2.43. The molecule has 0 radical (unpaired) electrons. The molecule has 2 heteroatoms. The van der Waals surface area contributed by atoms with E-state index in [4.69, 9.17) is 0 Å². The van der Waals surface area contributed by atoms with Crippen molar-refractivity contribution in [2.24, 2.45) is 11.3 Å². The van der Waals surface area contributed by atoms with Crippen LogP contribution < -0.4 is 0 Å². The molecule has 1 N–H and O–H groups in total. The van der Waals surface area contributed by atoms with Crippen LogP contribution in [-0.2, 0) is 0 Å². The number of rotatable bonds is 5. The molecule has 1 heterocycles. The monoisotopic (exact) mass is 267 g/mol. The molecule has 2 aliphatic rings. The van der Waals surface area contributed by atoms with Gasteiger partial charge in [0.15, 0.2) is 0 Å². The highest BCUT2D eigenvalue weighted by Crippen LogP contribution is 2.36. The number of likely N-dealkylation sites (tertiary alicyclic amines) is 1. The summed E-state index contributed by atoms with van der Waals surface area (Å²) in [4.78, 5) is 2.65. The first kappa shape index (κ1) is 15.3. The van der Waals surface area contributed by atoms with Gasteiger partial charge in [-0.15, -0.1) is 0 Å². The third-order valence-corrected chi connectivity index (χ3v) is 5.46. The summed E-state index contributed by atoms with van der Waals surface area (Å²) in [6.07, 6.45) is 13.4. The van der Waals surface area contributed by atoms with Gasteiger partial charge in [-0.1, -0.05) is 45.4 Å². The van der Waals surface area contributed by atoms with Gasteiger partial charge in [-0.25, -0.2) is 0 Å². The van der Waals surface area contributed by atoms with Crippen LogP contribution in [-0.4, -0.2) is 36.2 Å². The third kappa shape index (κ3) is 4.46. The molecule has 1 saturated carbocycles. The first-order valence-corrected chi connectivity index (χ1v) is 8.61. The molecule has 2 rings (SSSR count). The Balaban J connectivity index is 1.82. The molecular weight excluding hydrogens is 234 g/mol. The van der Waals surface area contributed by atoms with Crippen LogP contribution in [0.4, 0.5) is 0 Å². The Morgan fingerprint density at radius 1 is 1.05 bits per heavy atom. The van der Waals surface area contributed by atoms with Crippen LogP contribution in [0.3, 0.4) is 0 Å². The van der Waals surface area contributed by atoms with Crippen molar-refractivity contribution in [3.63, 3.8) is 0 Å². The van der Waals surface area contributed by atoms with Crippen molar-refractivity contribution in [1.29, 1.82) is 0 Å². The maximum atomic E-state index is 9.91. The van der Waals surface area contributed by atoms with Crippen molar-refractivity contribution in [1.82, 2.24) is 4.90 Å². The number of aliphatic hydroxyl groups excluding tert-OH is 1. The second-order valence-electron chi connectivity index (χ2n) is 7.08. The van der Waals surface area contributed by atoms with Crippen LogP contribution in [0.2, 0.25) is 0 Å². The summed E-state index contributed by atoms with van der Waals surface area (Å²) in [6.45, 7) is 6.40. The average molecular weight is 267 g/mol. The Morgan fingerprint density at radius 2 is 1.68 bits per heavy atom. The molecule has 1 saturated heterocycles. The van der Waals surface area contributed by atoms with Crippen LogP contribution in [0.25, 0.3) is 0 Å². The van der Waals surface area contributed by atoms with Gasteiger partial charge < -0.3 is 10.0 Å². The van der Waals surface area contributed by atoms with Gasteiger partial charge in [0, 0.05) is 18.6 Å². The Labute approximate surface area is 119 Å². The van der Waals surface area contributed by atoms with E-state index in [0.717, 1.165) is 12.5 Å². The highest BCUT2D eigenvalue weighted by Gasteiger charge is 2.33. The van der Waals surface area contributed by atoms with E-state index in [9.17, 15) is 5.11 Å². The maximum Gasteiger partial charge on any atom is 0.0499 e. The standard InChI is InChI=1S/C17H33NO/c1-2-7-16-8-12-18(13-9-16)14-17(15-19)10-5-3-4-6-11-17/h16,19H,2-15H2,1H3. The lowest BCUT2D eigenvalue weighted by atomic mass is 9.80. The van der Waals surface area contributed by atoms with Crippen LogP contribution in [0, 0.1) is 11.3 Å². The first-order valence-electron chi connectivity index (χ1n) is 8.61. The van der Waals surface area contributed by atoms with E-state index in [2.05, 4.69) is 11.8 Å². The average Bonchev–Trinajstić information content (AvgIpc) is 2.68. The number of nitrogens with zero attached hydrogens (tertiary/aromatic N) is 1. The maximum absolute atomic E-state index is 9.91. The lowest BCUT2D eigenvalue weighted by molar-refractivity contribution is 0.0442. The van der Waals surface area contributed by atoms with E-state index in [1.807, 2.05) is 0 Å². The van der Waals surface area contributed by atoms with Crippen molar-refractivity contribution < 1.29 is 5.11 Å². The molecule has 1 aliphatic heterocycles. The van der Waals surface area contributed by atoms with Gasteiger partial charge >= 0.3 is 0 Å². The van der Waals surface area contributed by atoms with Crippen molar-refractivity contribution in [2.45, 2.75) is 71.1 Å². The van der Waals surface area contributed by atoms with Crippen LogP contribution in [0.5, 0.6) is 0 Å². The van der Waals surface area contributed by atoms with E-state index in [1.165, 1.54) is 77.3 Å². The first-order chi connectivity index (χ1) is 9.28. The molecular formula is C17H33NO. The predicted molar refractivity (Wildman–Crippen MR) is 81.3 cm³/mol.